The average Bonchev–Trinajstić information content (AvgIpc) is 3.75. The molecule has 0 aliphatic carbocycles. The van der Waals surface area contributed by atoms with Gasteiger partial charge in [-0.2, -0.15) is 15.1 Å². The molecule has 4 N–H and O–H groups in total. The molecule has 4 aromatic carbocycles. The Labute approximate surface area is 297 Å². The van der Waals surface area contributed by atoms with Crippen molar-refractivity contribution in [2.75, 3.05) is 12.3 Å². The molecule has 0 spiro atoms. The van der Waals surface area contributed by atoms with Gasteiger partial charge >= 0.3 is 13.7 Å². The van der Waals surface area contributed by atoms with E-state index in [1.54, 1.807) is 16.7 Å². The lowest BCUT2D eigenvalue weighted by Gasteiger charge is -2.28. The molecule has 0 amide bonds. The first-order chi connectivity index (χ1) is 24.8. The lowest BCUT2D eigenvalue weighted by atomic mass is 10.1. The molecular formula is C36H34ClN6O7P. The quantitative estimate of drug-likeness (QED) is 0.0719. The zero-order chi connectivity index (χ0) is 35.4. The molecule has 1 fully saturated rings. The van der Waals surface area contributed by atoms with Crippen molar-refractivity contribution in [3.05, 3.63) is 126 Å². The molecule has 1 aliphatic heterocycles. The average molecular weight is 729 g/mol. The number of halogens is 1. The van der Waals surface area contributed by atoms with E-state index in [1.165, 1.54) is 6.33 Å². The summed E-state index contributed by atoms with van der Waals surface area (Å²) >= 11 is 6.09. The SMILES string of the molecule is Nc1nc(Cl)nc2c1ncn2[C@H]1CC(OP(=O)(N[C@@H](Cc2ccccc2)C(=O)OCc2ccccc2)Oc2cccc3ccccc23)[C@@H](CO)O1. The van der Waals surface area contributed by atoms with Gasteiger partial charge in [-0.25, -0.2) is 9.55 Å². The first kappa shape index (κ1) is 34.6. The molecule has 51 heavy (non-hydrogen) atoms. The number of ether oxygens (including phenoxy) is 2. The number of hydrogen-bond donors (Lipinski definition) is 3. The molecule has 5 atom stereocenters. The Morgan fingerprint density at radius 2 is 1.71 bits per heavy atom. The topological polar surface area (TPSA) is 173 Å². The largest absolute Gasteiger partial charge is 0.460 e. The smallest absolute Gasteiger partial charge is 0.459 e. The first-order valence-electron chi connectivity index (χ1n) is 16.2. The summed E-state index contributed by atoms with van der Waals surface area (Å²) in [6, 6.07) is 30.1. The molecule has 0 radical (unpaired) electrons. The van der Waals surface area contributed by atoms with Gasteiger partial charge in [0.25, 0.3) is 0 Å². The molecule has 262 valence electrons. The summed E-state index contributed by atoms with van der Waals surface area (Å²) in [7, 11) is -4.49. The van der Waals surface area contributed by atoms with Crippen molar-refractivity contribution in [2.24, 2.45) is 0 Å². The van der Waals surface area contributed by atoms with Gasteiger partial charge in [-0.15, -0.1) is 0 Å². The van der Waals surface area contributed by atoms with E-state index >= 15 is 4.57 Å². The number of nitrogens with two attached hydrogens (primary N) is 1. The Balaban J connectivity index is 1.22. The second-order valence-electron chi connectivity index (χ2n) is 11.9. The predicted molar refractivity (Wildman–Crippen MR) is 191 cm³/mol. The number of carbonyl (C=O) groups excluding carboxylic acids is 1. The number of nitrogens with zero attached hydrogens (tertiary/aromatic N) is 4. The maximum Gasteiger partial charge on any atom is 0.459 e. The predicted octanol–water partition coefficient (Wildman–Crippen LogP) is 6.01. The number of fused-ring (bicyclic) bond motifs is 2. The van der Waals surface area contributed by atoms with Crippen molar-refractivity contribution >= 4 is 53.1 Å². The van der Waals surface area contributed by atoms with Gasteiger partial charge in [0.15, 0.2) is 11.5 Å². The van der Waals surface area contributed by atoms with Crippen LogP contribution in [0.4, 0.5) is 5.82 Å². The summed E-state index contributed by atoms with van der Waals surface area (Å²) in [5.74, 6) is -0.307. The molecule has 15 heteroatoms. The van der Waals surface area contributed by atoms with Crippen LogP contribution in [0.1, 0.15) is 23.8 Å². The fourth-order valence-electron chi connectivity index (χ4n) is 5.98. The Bertz CT molecular complexity index is 2190. The van der Waals surface area contributed by atoms with E-state index in [9.17, 15) is 9.90 Å². The van der Waals surface area contributed by atoms with Crippen molar-refractivity contribution in [3.8, 4) is 5.75 Å². The standard InChI is InChI=1S/C36H34ClN6O7P/c37-36-40-33(38)32-34(41-36)43(22-39-32)31-19-29(30(20-44)48-31)50-51(46,49-28-17-9-15-25-14-7-8-16-26(25)28)42-27(18-23-10-3-1-4-11-23)35(45)47-21-24-12-5-2-6-13-24/h1-17,22,27,29-31,44H,18-21H2,(H,42,46)(H2,38,40,41)/t27-,29?,30+,31+,51?/m0/s1. The highest BCUT2D eigenvalue weighted by Crippen LogP contribution is 2.51. The minimum atomic E-state index is -4.49. The first-order valence-corrected chi connectivity index (χ1v) is 18.1. The van der Waals surface area contributed by atoms with Crippen LogP contribution in [0.25, 0.3) is 21.9 Å². The van der Waals surface area contributed by atoms with E-state index in [-0.39, 0.29) is 36.3 Å². The molecule has 2 unspecified atom stereocenters. The fraction of sp³-hybridized carbons (Fsp3) is 0.222. The number of benzene rings is 4. The number of aliphatic hydroxyl groups excluding tert-OH is 1. The van der Waals surface area contributed by atoms with Gasteiger partial charge in [-0.05, 0) is 40.6 Å². The van der Waals surface area contributed by atoms with Crippen LogP contribution in [0.5, 0.6) is 5.75 Å². The Hall–Kier alpha value is -4.88. The summed E-state index contributed by atoms with van der Waals surface area (Å²) in [6.45, 7) is -0.476. The Kier molecular flexibility index (Phi) is 10.3. The summed E-state index contributed by atoms with van der Waals surface area (Å²) < 4.78 is 41.2. The Morgan fingerprint density at radius 3 is 2.47 bits per heavy atom. The third-order valence-corrected chi connectivity index (χ3v) is 10.2. The number of esters is 1. The number of aromatic nitrogens is 4. The summed E-state index contributed by atoms with van der Waals surface area (Å²) in [4.78, 5) is 26.3. The highest BCUT2D eigenvalue weighted by Gasteiger charge is 2.45. The lowest BCUT2D eigenvalue weighted by molar-refractivity contribution is -0.147. The third kappa shape index (κ3) is 7.89. The van der Waals surface area contributed by atoms with Gasteiger partial charge in [-0.1, -0.05) is 97.1 Å². The number of rotatable bonds is 13. The molecule has 2 aromatic heterocycles. The molecule has 0 saturated carbocycles. The van der Waals surface area contributed by atoms with Crippen LogP contribution in [0.15, 0.2) is 109 Å². The van der Waals surface area contributed by atoms with E-state index in [0.29, 0.717) is 16.6 Å². The van der Waals surface area contributed by atoms with E-state index in [2.05, 4.69) is 20.0 Å². The van der Waals surface area contributed by atoms with Crippen LogP contribution in [0.3, 0.4) is 0 Å². The van der Waals surface area contributed by atoms with Crippen molar-refractivity contribution < 1.29 is 33.0 Å². The summed E-state index contributed by atoms with van der Waals surface area (Å²) in [5.41, 5.74) is 8.21. The van der Waals surface area contributed by atoms with Gasteiger partial charge in [0, 0.05) is 11.8 Å². The van der Waals surface area contributed by atoms with Crippen molar-refractivity contribution in [2.45, 2.75) is 43.9 Å². The highest BCUT2D eigenvalue weighted by molar-refractivity contribution is 7.52. The molecule has 1 saturated heterocycles. The van der Waals surface area contributed by atoms with Gasteiger partial charge in [0.1, 0.15) is 42.4 Å². The van der Waals surface area contributed by atoms with E-state index in [0.717, 1.165) is 16.5 Å². The number of nitrogen functional groups attached to an aromatic ring is 1. The van der Waals surface area contributed by atoms with Crippen LogP contribution < -0.4 is 15.3 Å². The van der Waals surface area contributed by atoms with E-state index < -0.39 is 44.8 Å². The molecule has 13 nitrogen and oxygen atoms in total. The number of anilines is 1. The second-order valence-corrected chi connectivity index (χ2v) is 13.9. The van der Waals surface area contributed by atoms with Crippen LogP contribution in [0, 0.1) is 0 Å². The van der Waals surface area contributed by atoms with Gasteiger partial charge < -0.3 is 24.8 Å². The van der Waals surface area contributed by atoms with Crippen molar-refractivity contribution in [1.82, 2.24) is 24.6 Å². The molecule has 0 bridgehead atoms. The molecule has 1 aliphatic rings. The number of imidazole rings is 1. The van der Waals surface area contributed by atoms with E-state index in [4.69, 9.17) is 35.9 Å². The summed E-state index contributed by atoms with van der Waals surface area (Å²) in [5, 5.41) is 14.8. The maximum absolute atomic E-state index is 15.1. The normalized spacial score (nSPS) is 19.1. The van der Waals surface area contributed by atoms with Crippen molar-refractivity contribution in [3.63, 3.8) is 0 Å². The number of aliphatic hydroxyl groups is 1. The van der Waals surface area contributed by atoms with Crippen LogP contribution in [0.2, 0.25) is 5.28 Å². The number of carbonyl (C=O) groups is 1. The third-order valence-electron chi connectivity index (χ3n) is 8.44. The van der Waals surface area contributed by atoms with Gasteiger partial charge in [0.2, 0.25) is 5.28 Å². The minimum absolute atomic E-state index is 0.00363. The zero-order valence-electron chi connectivity index (χ0n) is 27.1. The Morgan fingerprint density at radius 1 is 1.00 bits per heavy atom. The summed E-state index contributed by atoms with van der Waals surface area (Å²) in [6.07, 6.45) is -1.05. The van der Waals surface area contributed by atoms with Crippen LogP contribution in [-0.4, -0.2) is 55.5 Å². The van der Waals surface area contributed by atoms with Gasteiger partial charge in [0.05, 0.1) is 12.9 Å². The monoisotopic (exact) mass is 728 g/mol. The zero-order valence-corrected chi connectivity index (χ0v) is 28.8. The molecule has 7 rings (SSSR count). The van der Waals surface area contributed by atoms with Crippen LogP contribution >= 0.6 is 19.3 Å². The fourth-order valence-corrected chi connectivity index (χ4v) is 7.88. The molecule has 3 heterocycles. The van der Waals surface area contributed by atoms with Crippen molar-refractivity contribution in [1.29, 1.82) is 0 Å². The maximum atomic E-state index is 15.1. The number of nitrogens with one attached hydrogen (secondary N) is 1. The van der Waals surface area contributed by atoms with Crippen LogP contribution in [-0.2, 0) is 36.4 Å². The highest BCUT2D eigenvalue weighted by atomic mass is 35.5. The second kappa shape index (κ2) is 15.2. The number of hydrogen-bond acceptors (Lipinski definition) is 11. The minimum Gasteiger partial charge on any atom is -0.460 e. The van der Waals surface area contributed by atoms with Gasteiger partial charge in [-0.3, -0.25) is 13.9 Å². The molecular weight excluding hydrogens is 695 g/mol. The molecule has 6 aromatic rings. The lowest BCUT2D eigenvalue weighted by Crippen LogP contribution is -2.41. The van der Waals surface area contributed by atoms with E-state index in [1.807, 2.05) is 91.0 Å².